The first kappa shape index (κ1) is 17.7. The predicted molar refractivity (Wildman–Crippen MR) is 96.0 cm³/mol. The van der Waals surface area contributed by atoms with Crippen molar-refractivity contribution in [2.24, 2.45) is 7.05 Å². The lowest BCUT2D eigenvalue weighted by atomic mass is 9.96. The first-order chi connectivity index (χ1) is 12.2. The normalized spacial score (nSPS) is 17.6. The van der Waals surface area contributed by atoms with E-state index >= 15 is 0 Å². The van der Waals surface area contributed by atoms with Crippen molar-refractivity contribution in [3.8, 4) is 0 Å². The molecule has 1 unspecified atom stereocenters. The topological polar surface area (TPSA) is 68.0 Å². The Bertz CT molecular complexity index is 685. The first-order valence-corrected chi connectivity index (χ1v) is 9.15. The molecule has 0 aliphatic carbocycles. The van der Waals surface area contributed by atoms with Crippen molar-refractivity contribution < 1.29 is 4.79 Å². The van der Waals surface area contributed by atoms with Gasteiger partial charge in [-0.1, -0.05) is 6.92 Å². The van der Waals surface area contributed by atoms with Crippen molar-refractivity contribution in [3.63, 3.8) is 0 Å². The third-order valence-electron chi connectivity index (χ3n) is 4.85. The molecule has 0 bridgehead atoms. The maximum Gasteiger partial charge on any atom is 0.244 e. The molecule has 2 aromatic rings. The van der Waals surface area contributed by atoms with Crippen LogP contribution in [0.1, 0.15) is 43.6 Å². The van der Waals surface area contributed by atoms with Gasteiger partial charge in [-0.3, -0.25) is 9.48 Å². The van der Waals surface area contributed by atoms with Crippen LogP contribution in [-0.2, 0) is 24.9 Å². The van der Waals surface area contributed by atoms with Crippen molar-refractivity contribution >= 4 is 5.91 Å². The first-order valence-electron chi connectivity index (χ1n) is 9.15. The number of hydrogen-bond donors (Lipinski definition) is 1. The van der Waals surface area contributed by atoms with Crippen LogP contribution in [0, 0.1) is 0 Å². The van der Waals surface area contributed by atoms with E-state index in [1.807, 2.05) is 33.5 Å². The summed E-state index contributed by atoms with van der Waals surface area (Å²) in [5.74, 6) is 1.44. The Hall–Kier alpha value is -2.15. The van der Waals surface area contributed by atoms with E-state index < -0.39 is 0 Å². The third-order valence-corrected chi connectivity index (χ3v) is 4.85. The Labute approximate surface area is 149 Å². The lowest BCUT2D eigenvalue weighted by molar-refractivity contribution is -0.132. The van der Waals surface area contributed by atoms with Gasteiger partial charge in [0.25, 0.3) is 0 Å². The molecular formula is C18H28N6O. The van der Waals surface area contributed by atoms with Crippen LogP contribution in [0.15, 0.2) is 24.7 Å². The second-order valence-corrected chi connectivity index (χ2v) is 6.73. The molecule has 1 aliphatic rings. The van der Waals surface area contributed by atoms with Gasteiger partial charge >= 0.3 is 0 Å². The zero-order chi connectivity index (χ0) is 17.6. The van der Waals surface area contributed by atoms with Crippen molar-refractivity contribution in [1.82, 2.24) is 29.5 Å². The molecule has 0 aromatic carbocycles. The summed E-state index contributed by atoms with van der Waals surface area (Å²) >= 11 is 0. The van der Waals surface area contributed by atoms with Gasteiger partial charge in [-0.25, -0.2) is 4.98 Å². The van der Waals surface area contributed by atoms with Gasteiger partial charge in [0.1, 0.15) is 12.4 Å². The Morgan fingerprint density at radius 2 is 2.32 bits per heavy atom. The number of aromatic nitrogens is 4. The number of amides is 1. The van der Waals surface area contributed by atoms with E-state index in [4.69, 9.17) is 0 Å². The fourth-order valence-corrected chi connectivity index (χ4v) is 3.44. The predicted octanol–water partition coefficient (Wildman–Crippen LogP) is 1.52. The van der Waals surface area contributed by atoms with Gasteiger partial charge < -0.3 is 14.8 Å². The summed E-state index contributed by atoms with van der Waals surface area (Å²) in [6.07, 6.45) is 8.73. The smallest absolute Gasteiger partial charge is 0.244 e. The number of rotatable bonds is 7. The lowest BCUT2D eigenvalue weighted by Crippen LogP contribution is -2.36. The van der Waals surface area contributed by atoms with E-state index in [0.29, 0.717) is 19.0 Å². The molecule has 3 heterocycles. The van der Waals surface area contributed by atoms with Gasteiger partial charge in [0.2, 0.25) is 5.91 Å². The summed E-state index contributed by atoms with van der Waals surface area (Å²) in [5, 5.41) is 7.84. The SMILES string of the molecule is CCCN(Cc1nccn1C)C(=O)Cn1nccc1C1CCCNC1. The van der Waals surface area contributed by atoms with E-state index in [9.17, 15) is 4.79 Å². The molecule has 2 aromatic heterocycles. The van der Waals surface area contributed by atoms with E-state index in [1.165, 1.54) is 6.42 Å². The summed E-state index contributed by atoms with van der Waals surface area (Å²) in [6.45, 7) is 5.70. The Morgan fingerprint density at radius 1 is 1.44 bits per heavy atom. The minimum atomic E-state index is 0.0959. The van der Waals surface area contributed by atoms with Crippen molar-refractivity contribution in [2.45, 2.75) is 45.2 Å². The highest BCUT2D eigenvalue weighted by atomic mass is 16.2. The molecule has 1 atom stereocenters. The zero-order valence-electron chi connectivity index (χ0n) is 15.2. The van der Waals surface area contributed by atoms with Gasteiger partial charge in [0.15, 0.2) is 0 Å². The number of piperidine rings is 1. The molecule has 1 N–H and O–H groups in total. The standard InChI is InChI=1S/C18H28N6O/c1-3-10-23(13-17-20-9-11-22(17)2)18(25)14-24-16(6-8-21-24)15-5-4-7-19-12-15/h6,8-9,11,15,19H,3-5,7,10,12-14H2,1-2H3. The zero-order valence-corrected chi connectivity index (χ0v) is 15.2. The Balaban J connectivity index is 1.69. The summed E-state index contributed by atoms with van der Waals surface area (Å²) in [6, 6.07) is 2.05. The third kappa shape index (κ3) is 4.28. The van der Waals surface area contributed by atoms with Crippen LogP contribution < -0.4 is 5.32 Å². The molecule has 1 amide bonds. The van der Waals surface area contributed by atoms with E-state index in [1.54, 1.807) is 12.4 Å². The molecule has 25 heavy (non-hydrogen) atoms. The highest BCUT2D eigenvalue weighted by Crippen LogP contribution is 2.23. The van der Waals surface area contributed by atoms with Gasteiger partial charge in [-0.2, -0.15) is 5.10 Å². The highest BCUT2D eigenvalue weighted by Gasteiger charge is 2.22. The Morgan fingerprint density at radius 3 is 3.00 bits per heavy atom. The average molecular weight is 344 g/mol. The second kappa shape index (κ2) is 8.29. The maximum absolute atomic E-state index is 12.9. The van der Waals surface area contributed by atoms with Gasteiger partial charge in [0, 0.05) is 50.3 Å². The molecule has 1 aliphatic heterocycles. The fourth-order valence-electron chi connectivity index (χ4n) is 3.44. The number of nitrogens with zero attached hydrogens (tertiary/aromatic N) is 5. The van der Waals surface area contributed by atoms with Crippen molar-refractivity contribution in [1.29, 1.82) is 0 Å². The molecule has 0 saturated carbocycles. The summed E-state index contributed by atoms with van der Waals surface area (Å²) in [7, 11) is 1.96. The van der Waals surface area contributed by atoms with Crippen molar-refractivity contribution in [2.75, 3.05) is 19.6 Å². The van der Waals surface area contributed by atoms with Crippen LogP contribution >= 0.6 is 0 Å². The van der Waals surface area contributed by atoms with Crippen LogP contribution in [0.4, 0.5) is 0 Å². The van der Waals surface area contributed by atoms with E-state index in [2.05, 4.69) is 22.3 Å². The van der Waals surface area contributed by atoms with Crippen LogP contribution in [0.25, 0.3) is 0 Å². The summed E-state index contributed by atoms with van der Waals surface area (Å²) in [4.78, 5) is 19.1. The van der Waals surface area contributed by atoms with Gasteiger partial charge in [-0.05, 0) is 31.9 Å². The van der Waals surface area contributed by atoms with Crippen LogP contribution in [0.3, 0.4) is 0 Å². The molecule has 3 rings (SSSR count). The molecule has 7 nitrogen and oxygen atoms in total. The number of carbonyl (C=O) groups excluding carboxylic acids is 1. The lowest BCUT2D eigenvalue weighted by Gasteiger charge is -2.25. The molecular weight excluding hydrogens is 316 g/mol. The second-order valence-electron chi connectivity index (χ2n) is 6.73. The van der Waals surface area contributed by atoms with E-state index in [0.717, 1.165) is 44.0 Å². The average Bonchev–Trinajstić information content (AvgIpc) is 3.24. The molecule has 136 valence electrons. The monoisotopic (exact) mass is 344 g/mol. The van der Waals surface area contributed by atoms with Crippen LogP contribution in [-0.4, -0.2) is 49.8 Å². The number of nitrogens with one attached hydrogen (secondary N) is 1. The number of hydrogen-bond acceptors (Lipinski definition) is 4. The molecule has 0 spiro atoms. The minimum absolute atomic E-state index is 0.0959. The summed E-state index contributed by atoms with van der Waals surface area (Å²) in [5.41, 5.74) is 1.16. The van der Waals surface area contributed by atoms with Crippen LogP contribution in [0.5, 0.6) is 0 Å². The molecule has 0 radical (unpaired) electrons. The van der Waals surface area contributed by atoms with Gasteiger partial charge in [0.05, 0.1) is 6.54 Å². The van der Waals surface area contributed by atoms with Crippen molar-refractivity contribution in [3.05, 3.63) is 36.2 Å². The fraction of sp³-hybridized carbons (Fsp3) is 0.611. The summed E-state index contributed by atoms with van der Waals surface area (Å²) < 4.78 is 3.84. The largest absolute Gasteiger partial charge is 0.337 e. The molecule has 7 heteroatoms. The number of imidazole rings is 1. The minimum Gasteiger partial charge on any atom is -0.337 e. The van der Waals surface area contributed by atoms with Gasteiger partial charge in [-0.15, -0.1) is 0 Å². The molecule has 1 saturated heterocycles. The molecule has 1 fully saturated rings. The quantitative estimate of drug-likeness (QED) is 0.827. The Kier molecular flexibility index (Phi) is 5.86. The maximum atomic E-state index is 12.9. The number of carbonyl (C=O) groups is 1. The van der Waals surface area contributed by atoms with Crippen LogP contribution in [0.2, 0.25) is 0 Å². The highest BCUT2D eigenvalue weighted by molar-refractivity contribution is 5.76. The van der Waals surface area contributed by atoms with E-state index in [-0.39, 0.29) is 5.91 Å². The number of aryl methyl sites for hydroxylation is 1.